The van der Waals surface area contributed by atoms with E-state index in [1.807, 2.05) is 48.5 Å². The third-order valence-electron chi connectivity index (χ3n) is 11.5. The van der Waals surface area contributed by atoms with Gasteiger partial charge in [0.2, 0.25) is 0 Å². The fourth-order valence-electron chi connectivity index (χ4n) is 8.04. The second kappa shape index (κ2) is 24.9. The van der Waals surface area contributed by atoms with Crippen molar-refractivity contribution in [3.8, 4) is 5.75 Å². The van der Waals surface area contributed by atoms with Crippen LogP contribution in [-0.4, -0.2) is 24.1 Å². The molecule has 4 aromatic rings. The van der Waals surface area contributed by atoms with Crippen LogP contribution in [0, 0.1) is 0 Å². The Balaban J connectivity index is 1.12. The number of fused-ring (bicyclic) bond motifs is 2. The van der Waals surface area contributed by atoms with Crippen LogP contribution in [-0.2, 0) is 6.42 Å². The molecule has 1 aliphatic rings. The van der Waals surface area contributed by atoms with E-state index >= 15 is 0 Å². The summed E-state index contributed by atoms with van der Waals surface area (Å²) in [4.78, 5) is 41.6. The normalized spacial score (nSPS) is 12.0. The van der Waals surface area contributed by atoms with Gasteiger partial charge >= 0.3 is 0 Å². The number of carbonyl (C=O) groups excluding carboxylic acids is 3. The molecule has 0 heterocycles. The minimum Gasteiger partial charge on any atom is -0.494 e. The molecule has 0 aliphatic heterocycles. The summed E-state index contributed by atoms with van der Waals surface area (Å²) in [5.74, 6) is -0.133. The number of carbonyl (C=O) groups is 3. The van der Waals surface area contributed by atoms with Crippen molar-refractivity contribution in [3.05, 3.63) is 118 Å². The average Bonchev–Trinajstić information content (AvgIpc) is 3.24. The van der Waals surface area contributed by atoms with E-state index in [1.165, 1.54) is 121 Å². The number of ether oxygens (including phenoxy) is 1. The molecule has 6 heteroatoms. The lowest BCUT2D eigenvalue weighted by atomic mass is 9.82. The van der Waals surface area contributed by atoms with E-state index in [0.29, 0.717) is 34.7 Å². The Morgan fingerprint density at radius 3 is 1.59 bits per heavy atom. The van der Waals surface area contributed by atoms with Gasteiger partial charge in [-0.1, -0.05) is 178 Å². The van der Waals surface area contributed by atoms with E-state index in [4.69, 9.17) is 4.74 Å². The minimum absolute atomic E-state index is 0.196. The molecule has 1 amide bonds. The highest BCUT2D eigenvalue weighted by molar-refractivity contribution is 6.32. The molecule has 5 rings (SSSR count). The van der Waals surface area contributed by atoms with Gasteiger partial charge in [-0.25, -0.2) is 0 Å². The summed E-state index contributed by atoms with van der Waals surface area (Å²) in [6, 6.07) is 25.7. The second-order valence-electron chi connectivity index (χ2n) is 16.2. The maximum Gasteiger partial charge on any atom is 0.255 e. The van der Waals surface area contributed by atoms with Crippen molar-refractivity contribution in [2.75, 3.05) is 17.2 Å². The fraction of sp³-hybridized carbons (Fsp3) is 0.481. The van der Waals surface area contributed by atoms with E-state index in [9.17, 15) is 14.4 Å². The molecule has 0 unspecified atom stereocenters. The average molecular weight is 785 g/mol. The van der Waals surface area contributed by atoms with Gasteiger partial charge in [0, 0.05) is 28.4 Å². The van der Waals surface area contributed by atoms with Crippen LogP contribution in [0.5, 0.6) is 5.75 Å². The lowest BCUT2D eigenvalue weighted by molar-refractivity contribution is 0.0979. The Labute approximate surface area is 349 Å². The van der Waals surface area contributed by atoms with Gasteiger partial charge < -0.3 is 15.4 Å². The number of nitrogens with one attached hydrogen (secondary N) is 2. The lowest BCUT2D eigenvalue weighted by Crippen LogP contribution is -2.25. The topological polar surface area (TPSA) is 84.5 Å². The van der Waals surface area contributed by atoms with Gasteiger partial charge in [-0.2, -0.15) is 0 Å². The van der Waals surface area contributed by atoms with Crippen LogP contribution in [0.3, 0.4) is 0 Å². The zero-order valence-electron chi connectivity index (χ0n) is 35.5. The molecule has 0 atom stereocenters. The number of aryl methyl sites for hydroxylation is 1. The third-order valence-corrected chi connectivity index (χ3v) is 11.5. The van der Waals surface area contributed by atoms with Crippen molar-refractivity contribution in [3.63, 3.8) is 0 Å². The van der Waals surface area contributed by atoms with Gasteiger partial charge in [-0.3, -0.25) is 14.4 Å². The molecule has 0 fully saturated rings. The molecule has 310 valence electrons. The third kappa shape index (κ3) is 13.7. The molecule has 0 aromatic heterocycles. The fourth-order valence-corrected chi connectivity index (χ4v) is 8.04. The number of rotatable bonds is 28. The Morgan fingerprint density at radius 1 is 0.517 bits per heavy atom. The van der Waals surface area contributed by atoms with E-state index < -0.39 is 0 Å². The van der Waals surface area contributed by atoms with Crippen molar-refractivity contribution < 1.29 is 19.1 Å². The van der Waals surface area contributed by atoms with Gasteiger partial charge in [-0.15, -0.1) is 0 Å². The largest absolute Gasteiger partial charge is 0.494 e. The Morgan fingerprint density at radius 2 is 1.02 bits per heavy atom. The molecule has 0 bridgehead atoms. The summed E-state index contributed by atoms with van der Waals surface area (Å²) in [6.45, 7) is 5.15. The number of ketones is 2. The van der Waals surface area contributed by atoms with Crippen LogP contribution in [0.4, 0.5) is 17.1 Å². The maximum absolute atomic E-state index is 14.1. The Bertz CT molecular complexity index is 1880. The molecule has 6 nitrogen and oxygen atoms in total. The zero-order valence-corrected chi connectivity index (χ0v) is 35.5. The van der Waals surface area contributed by atoms with Gasteiger partial charge in [0.15, 0.2) is 11.6 Å². The van der Waals surface area contributed by atoms with Crippen molar-refractivity contribution >= 4 is 34.5 Å². The molecular weight excluding hydrogens is 717 g/mol. The van der Waals surface area contributed by atoms with Crippen molar-refractivity contribution in [1.29, 1.82) is 0 Å². The summed E-state index contributed by atoms with van der Waals surface area (Å²) < 4.78 is 6.14. The first-order valence-corrected chi connectivity index (χ1v) is 22.8. The molecule has 1 aliphatic carbocycles. The molecule has 0 saturated heterocycles. The molecule has 0 spiro atoms. The summed E-state index contributed by atoms with van der Waals surface area (Å²) in [7, 11) is 0. The lowest BCUT2D eigenvalue weighted by Gasteiger charge is -2.23. The van der Waals surface area contributed by atoms with E-state index in [1.54, 1.807) is 36.4 Å². The van der Waals surface area contributed by atoms with Crippen molar-refractivity contribution in [2.45, 2.75) is 155 Å². The number of amides is 1. The molecule has 58 heavy (non-hydrogen) atoms. The second-order valence-corrected chi connectivity index (χ2v) is 16.2. The Hall–Kier alpha value is -4.71. The van der Waals surface area contributed by atoms with Crippen LogP contribution >= 0.6 is 0 Å². The highest BCUT2D eigenvalue weighted by Gasteiger charge is 2.34. The van der Waals surface area contributed by atoms with E-state index in [-0.39, 0.29) is 28.6 Å². The SMILES string of the molecule is CCCCCCCCCCCCCCCCCCOc1cccc(Nc2ccc(NC(=O)c3ccc(CCCCCCC)cc3)c3c2C(=O)c2ccccc2C3=O)c1. The summed E-state index contributed by atoms with van der Waals surface area (Å²) >= 11 is 0. The number of unbranched alkanes of at least 4 members (excludes halogenated alkanes) is 19. The van der Waals surface area contributed by atoms with Crippen LogP contribution < -0.4 is 15.4 Å². The van der Waals surface area contributed by atoms with Gasteiger partial charge in [0.25, 0.3) is 5.91 Å². The zero-order chi connectivity index (χ0) is 40.8. The van der Waals surface area contributed by atoms with Gasteiger partial charge in [-0.05, 0) is 61.2 Å². The molecule has 0 radical (unpaired) electrons. The first-order valence-electron chi connectivity index (χ1n) is 22.8. The molecule has 4 aromatic carbocycles. The highest BCUT2D eigenvalue weighted by Crippen LogP contribution is 2.38. The summed E-state index contributed by atoms with van der Waals surface area (Å²) in [5.41, 5.74) is 4.39. The number of benzene rings is 4. The van der Waals surface area contributed by atoms with Crippen molar-refractivity contribution in [2.24, 2.45) is 0 Å². The van der Waals surface area contributed by atoms with Crippen LogP contribution in [0.25, 0.3) is 0 Å². The van der Waals surface area contributed by atoms with Gasteiger partial charge in [0.05, 0.1) is 29.1 Å². The number of anilines is 3. The first kappa shape index (κ1) is 44.4. The summed E-state index contributed by atoms with van der Waals surface area (Å²) in [6.07, 6.45) is 28.4. The molecule has 0 saturated carbocycles. The monoisotopic (exact) mass is 785 g/mol. The van der Waals surface area contributed by atoms with Crippen LogP contribution in [0.1, 0.15) is 196 Å². The predicted octanol–water partition coefficient (Wildman–Crippen LogP) is 14.6. The van der Waals surface area contributed by atoms with Crippen LogP contribution in [0.2, 0.25) is 0 Å². The quantitative estimate of drug-likeness (QED) is 0.0493. The number of hydrogen-bond donors (Lipinski definition) is 2. The Kier molecular flexibility index (Phi) is 19.1. The molecule has 2 N–H and O–H groups in total. The highest BCUT2D eigenvalue weighted by atomic mass is 16.5. The maximum atomic E-state index is 14.1. The number of hydrogen-bond acceptors (Lipinski definition) is 5. The van der Waals surface area contributed by atoms with Crippen LogP contribution in [0.15, 0.2) is 84.9 Å². The van der Waals surface area contributed by atoms with E-state index in [0.717, 1.165) is 37.1 Å². The van der Waals surface area contributed by atoms with Gasteiger partial charge in [0.1, 0.15) is 5.75 Å². The standard InChI is InChI=1S/C52H68N2O4/c1-3-5-7-9-10-11-12-13-14-15-16-17-18-19-21-25-38-58-43-29-26-28-42(39-43)53-46-36-37-47(49-48(46)50(55)44-30-23-24-31-45(44)51(49)56)54-52(57)41-34-32-40(33-35-41)27-22-20-8-6-4-2/h23-24,26,28-37,39,53H,3-22,25,27,38H2,1-2H3,(H,54,57). The molecular formula is C52H68N2O4. The first-order chi connectivity index (χ1) is 28.5. The van der Waals surface area contributed by atoms with Crippen molar-refractivity contribution in [1.82, 2.24) is 0 Å². The predicted molar refractivity (Wildman–Crippen MR) is 241 cm³/mol. The smallest absolute Gasteiger partial charge is 0.255 e. The van der Waals surface area contributed by atoms with E-state index in [2.05, 4.69) is 24.5 Å². The summed E-state index contributed by atoms with van der Waals surface area (Å²) in [5, 5.41) is 6.35. The minimum atomic E-state index is -0.328.